The van der Waals surface area contributed by atoms with Gasteiger partial charge >= 0.3 is 43.0 Å². The molecule has 0 aliphatic carbocycles. The van der Waals surface area contributed by atoms with Gasteiger partial charge in [-0.25, -0.2) is 0 Å². The Labute approximate surface area is 234 Å². The van der Waals surface area contributed by atoms with Gasteiger partial charge in [-0.2, -0.15) is 67.9 Å². The maximum atomic E-state index is 4.71. The molecule has 0 heterocycles. The minimum absolute atomic E-state index is 0. The molecule has 0 aromatic heterocycles. The molecule has 0 spiro atoms. The summed E-state index contributed by atoms with van der Waals surface area (Å²) in [6.45, 7) is 0. The first-order valence-corrected chi connectivity index (χ1v) is 15.3. The average Bonchev–Trinajstić information content (AvgIpc) is 2.91. The average molecular weight is 681 g/mol. The van der Waals surface area contributed by atoms with Crippen molar-refractivity contribution in [2.75, 3.05) is 107 Å². The van der Waals surface area contributed by atoms with Crippen LogP contribution in [0, 0.1) is 0 Å². The van der Waals surface area contributed by atoms with Gasteiger partial charge in [-0.3, -0.25) is 0 Å². The van der Waals surface area contributed by atoms with Crippen LogP contribution in [0.3, 0.4) is 0 Å². The molecule has 0 atom stereocenters. The van der Waals surface area contributed by atoms with Crippen LogP contribution in [0.4, 0.5) is 0 Å². The predicted octanol–water partition coefficient (Wildman–Crippen LogP) is 4.42. The molecule has 0 saturated carbocycles. The Morgan fingerprint density at radius 2 is 0.250 bits per heavy atom. The quantitative estimate of drug-likeness (QED) is 0.178. The molecule has 228 valence electrons. The Morgan fingerprint density at radius 1 is 0.194 bits per heavy atom. The molecule has 0 aliphatic rings. The molecular formula is C15H50FeO15P5+5. The van der Waals surface area contributed by atoms with Gasteiger partial charge in [-0.05, 0) is 0 Å². The molecule has 0 radical (unpaired) electrons. The fourth-order valence-electron chi connectivity index (χ4n) is 1.25. The van der Waals surface area contributed by atoms with E-state index in [1.165, 1.54) is 0 Å². The van der Waals surface area contributed by atoms with Crippen LogP contribution < -0.4 is 0 Å². The van der Waals surface area contributed by atoms with Gasteiger partial charge in [-0.15, -0.1) is 0 Å². The summed E-state index contributed by atoms with van der Waals surface area (Å²) in [5.74, 6) is 0. The second-order valence-electron chi connectivity index (χ2n) is 4.31. The van der Waals surface area contributed by atoms with E-state index in [0.29, 0.717) is 0 Å². The van der Waals surface area contributed by atoms with Gasteiger partial charge in [0.2, 0.25) is 0 Å². The molecule has 36 heavy (non-hydrogen) atoms. The van der Waals surface area contributed by atoms with Crippen molar-refractivity contribution in [1.29, 1.82) is 0 Å². The fraction of sp³-hybridized carbons (Fsp3) is 1.00. The third-order valence-corrected chi connectivity index (χ3v) is 7.50. The first-order chi connectivity index (χ1) is 16.7. The van der Waals surface area contributed by atoms with Crippen molar-refractivity contribution >= 4 is 43.0 Å². The summed E-state index contributed by atoms with van der Waals surface area (Å²) in [5.41, 5.74) is 0. The minimum atomic E-state index is -1.36. The summed E-state index contributed by atoms with van der Waals surface area (Å²) in [7, 11) is 16.5. The van der Waals surface area contributed by atoms with Crippen molar-refractivity contribution in [2.24, 2.45) is 0 Å². The molecule has 0 bridgehead atoms. The van der Waals surface area contributed by atoms with E-state index in [1.807, 2.05) is 0 Å². The van der Waals surface area contributed by atoms with Crippen LogP contribution in [0.15, 0.2) is 0 Å². The van der Waals surface area contributed by atoms with E-state index in [2.05, 4.69) is 0 Å². The zero-order valence-electron chi connectivity index (χ0n) is 24.0. The second-order valence-corrected chi connectivity index (χ2v) is 12.9. The monoisotopic (exact) mass is 681 g/mol. The SMILES string of the molecule is CO[PH+](OC)OC.CO[PH+](OC)OC.CO[PH+](OC)OC.CO[PH+](OC)OC.CO[PH+](OC)OC.[Fe]. The summed E-state index contributed by atoms with van der Waals surface area (Å²) < 4.78 is 70.6. The molecule has 21 heteroatoms. The Morgan fingerprint density at radius 3 is 0.250 bits per heavy atom. The van der Waals surface area contributed by atoms with E-state index in [9.17, 15) is 0 Å². The summed E-state index contributed by atoms with van der Waals surface area (Å²) >= 11 is 0. The number of hydrogen-bond acceptors (Lipinski definition) is 15. The van der Waals surface area contributed by atoms with E-state index in [-0.39, 0.29) is 17.1 Å². The molecule has 0 fully saturated rings. The summed E-state index contributed by atoms with van der Waals surface area (Å²) in [6, 6.07) is 0. The van der Waals surface area contributed by atoms with E-state index < -0.39 is 43.0 Å². The normalized spacial score (nSPS) is 10.0. The van der Waals surface area contributed by atoms with Gasteiger partial charge in [0.25, 0.3) is 0 Å². The third-order valence-electron chi connectivity index (χ3n) is 2.50. The Bertz CT molecular complexity index is 235. The Balaban J connectivity index is -0.0000000776. The molecule has 15 nitrogen and oxygen atoms in total. The number of hydrogen-bond donors (Lipinski definition) is 0. The molecule has 0 amide bonds. The van der Waals surface area contributed by atoms with Crippen molar-refractivity contribution in [3.8, 4) is 0 Å². The standard InChI is InChI=1S/5C3H10O3P.Fe/c5*1-4-7(5-2)6-3;/h5*7H,1-3H3;/q5*+1;. The van der Waals surface area contributed by atoms with Gasteiger partial charge in [0, 0.05) is 17.1 Å². The topological polar surface area (TPSA) is 138 Å². The molecule has 0 N–H and O–H groups in total. The van der Waals surface area contributed by atoms with Crippen LogP contribution in [0.1, 0.15) is 0 Å². The smallest absolute Gasteiger partial charge is 0.183 e. The van der Waals surface area contributed by atoms with Crippen molar-refractivity contribution in [2.45, 2.75) is 0 Å². The maximum absolute atomic E-state index is 4.71. The van der Waals surface area contributed by atoms with Crippen molar-refractivity contribution in [3.63, 3.8) is 0 Å². The van der Waals surface area contributed by atoms with Crippen LogP contribution in [0.2, 0.25) is 0 Å². The molecule has 0 aliphatic heterocycles. The largest absolute Gasteiger partial charge is 0.397 e. The van der Waals surface area contributed by atoms with E-state index in [1.54, 1.807) is 107 Å². The molecule has 0 saturated heterocycles. The summed E-state index contributed by atoms with van der Waals surface area (Å²) in [6.07, 6.45) is 0. The molecular weight excluding hydrogens is 631 g/mol. The van der Waals surface area contributed by atoms with Gasteiger partial charge in [0.05, 0.1) is 107 Å². The third kappa shape index (κ3) is 43.1. The van der Waals surface area contributed by atoms with E-state index >= 15 is 0 Å². The van der Waals surface area contributed by atoms with Crippen molar-refractivity contribution in [3.05, 3.63) is 0 Å². The van der Waals surface area contributed by atoms with Gasteiger partial charge in [0.1, 0.15) is 0 Å². The van der Waals surface area contributed by atoms with Crippen LogP contribution >= 0.6 is 43.0 Å². The van der Waals surface area contributed by atoms with E-state index in [4.69, 9.17) is 67.9 Å². The summed E-state index contributed by atoms with van der Waals surface area (Å²) in [5, 5.41) is 0. The Kier molecular flexibility index (Phi) is 66.3. The van der Waals surface area contributed by atoms with Crippen LogP contribution in [0.25, 0.3) is 0 Å². The minimum Gasteiger partial charge on any atom is -0.183 e. The van der Waals surface area contributed by atoms with Gasteiger partial charge < -0.3 is 0 Å². The second kappa shape index (κ2) is 46.9. The fourth-order valence-corrected chi connectivity index (χ4v) is 3.75. The van der Waals surface area contributed by atoms with E-state index in [0.717, 1.165) is 0 Å². The molecule has 0 unspecified atom stereocenters. The van der Waals surface area contributed by atoms with Crippen molar-refractivity contribution in [1.82, 2.24) is 0 Å². The predicted molar refractivity (Wildman–Crippen MR) is 147 cm³/mol. The first kappa shape index (κ1) is 50.9. The van der Waals surface area contributed by atoms with Gasteiger partial charge in [-0.1, -0.05) is 0 Å². The maximum Gasteiger partial charge on any atom is 0.397 e. The molecule has 0 rings (SSSR count). The first-order valence-electron chi connectivity index (χ1n) is 9.19. The zero-order chi connectivity index (χ0) is 28.5. The van der Waals surface area contributed by atoms with Crippen LogP contribution in [0.5, 0.6) is 0 Å². The Hall–Kier alpha value is 2.07. The molecule has 0 aromatic rings. The van der Waals surface area contributed by atoms with Gasteiger partial charge in [0.15, 0.2) is 0 Å². The number of rotatable bonds is 15. The molecule has 0 aromatic carbocycles. The summed E-state index contributed by atoms with van der Waals surface area (Å²) in [4.78, 5) is 0. The van der Waals surface area contributed by atoms with Crippen LogP contribution in [-0.4, -0.2) is 107 Å². The van der Waals surface area contributed by atoms with Crippen LogP contribution in [-0.2, 0) is 84.9 Å². The van der Waals surface area contributed by atoms with Crippen molar-refractivity contribution < 1.29 is 84.9 Å². The zero-order valence-corrected chi connectivity index (χ0v) is 30.1.